The number of nitrogens with one attached hydrogen (secondary N) is 2. The van der Waals surface area contributed by atoms with Gasteiger partial charge in [0.1, 0.15) is 44.8 Å². The number of aldehydes is 1. The van der Waals surface area contributed by atoms with E-state index in [1.165, 1.54) is 0 Å². The molecule has 3 aromatic carbocycles. The van der Waals surface area contributed by atoms with Crippen molar-refractivity contribution in [1.29, 1.82) is 0 Å². The summed E-state index contributed by atoms with van der Waals surface area (Å²) in [5.74, 6) is 1.48. The lowest BCUT2D eigenvalue weighted by Gasteiger charge is -2.42. The summed E-state index contributed by atoms with van der Waals surface area (Å²) in [5.41, 5.74) is 9.54. The van der Waals surface area contributed by atoms with Crippen molar-refractivity contribution in [3.63, 3.8) is 0 Å². The van der Waals surface area contributed by atoms with E-state index in [4.69, 9.17) is 88.6 Å². The fourth-order valence-corrected chi connectivity index (χ4v) is 9.54. The second-order valence-corrected chi connectivity index (χ2v) is 20.4. The Kier molecular flexibility index (Phi) is 19.6. The van der Waals surface area contributed by atoms with Gasteiger partial charge in [-0.2, -0.15) is 15.3 Å². The molecule has 86 heavy (non-hydrogen) atoms. The second kappa shape index (κ2) is 27.8. The van der Waals surface area contributed by atoms with Gasteiger partial charge in [-0.1, -0.05) is 113 Å². The number of halogens is 5. The molecule has 23 nitrogen and oxygen atoms in total. The summed E-state index contributed by atoms with van der Waals surface area (Å²) in [6, 6.07) is 33.1. The van der Waals surface area contributed by atoms with Crippen LogP contribution in [0.1, 0.15) is 23.0 Å². The molecule has 2 fully saturated rings. The van der Waals surface area contributed by atoms with Gasteiger partial charge < -0.3 is 49.3 Å². The fraction of sp³-hybridized carbons (Fsp3) is 0.138. The number of fused-ring (bicyclic) bond motifs is 1. The smallest absolute Gasteiger partial charge is 0.215 e. The number of aliphatic hydroxyl groups excluding tert-OH is 4. The maximum Gasteiger partial charge on any atom is 0.215 e. The van der Waals surface area contributed by atoms with Crippen LogP contribution in [0.3, 0.4) is 0 Å². The van der Waals surface area contributed by atoms with Gasteiger partial charge in [0.15, 0.2) is 6.29 Å². The van der Waals surface area contributed by atoms with Gasteiger partial charge in [-0.25, -0.2) is 34.0 Å². The maximum atomic E-state index is 11.4. The highest BCUT2D eigenvalue weighted by atomic mass is 35.5. The van der Waals surface area contributed by atoms with Gasteiger partial charge in [0.25, 0.3) is 0 Å². The summed E-state index contributed by atoms with van der Waals surface area (Å²) in [6.07, 6.45) is 9.59. The molecule has 2 aliphatic heterocycles. The first kappa shape index (κ1) is 60.7. The van der Waals surface area contributed by atoms with E-state index in [0.717, 1.165) is 62.8 Å². The maximum absolute atomic E-state index is 11.4. The molecule has 2 saturated heterocycles. The van der Waals surface area contributed by atoms with Gasteiger partial charge in [-0.3, -0.25) is 14.6 Å². The molecule has 0 spiro atoms. The van der Waals surface area contributed by atoms with Gasteiger partial charge in [-0.05, 0) is 49.4 Å². The van der Waals surface area contributed by atoms with Crippen LogP contribution in [0.2, 0.25) is 25.4 Å². The summed E-state index contributed by atoms with van der Waals surface area (Å²) in [5, 5.41) is 52.4. The number of carbonyl (C=O) groups excluding carboxylic acids is 2. The number of aliphatic hydroxyl groups is 4. The number of H-pyrrole nitrogens is 2. The second-order valence-electron chi connectivity index (χ2n) is 18.4. The molecule has 6 N–H and O–H groups in total. The van der Waals surface area contributed by atoms with Crippen LogP contribution in [-0.4, -0.2) is 134 Å². The Balaban J connectivity index is 0.000000130. The van der Waals surface area contributed by atoms with Crippen molar-refractivity contribution in [3.05, 3.63) is 208 Å². The van der Waals surface area contributed by atoms with Crippen LogP contribution in [-0.2, 0) is 30.2 Å². The van der Waals surface area contributed by atoms with Crippen molar-refractivity contribution < 1.29 is 49.0 Å². The quantitative estimate of drug-likeness (QED) is 0.0518. The van der Waals surface area contributed by atoms with E-state index in [2.05, 4.69) is 58.9 Å². The van der Waals surface area contributed by atoms with Gasteiger partial charge in [-0.15, -0.1) is 0 Å². The molecule has 438 valence electrons. The van der Waals surface area contributed by atoms with E-state index in [-0.39, 0.29) is 12.2 Å². The fourth-order valence-electron chi connectivity index (χ4n) is 8.53. The third kappa shape index (κ3) is 14.5. The molecule has 2 aliphatic rings. The van der Waals surface area contributed by atoms with Crippen LogP contribution < -0.4 is 0 Å². The van der Waals surface area contributed by atoms with Crippen molar-refractivity contribution in [2.24, 2.45) is 0 Å². The Hall–Kier alpha value is -8.37. The number of pyridine rings is 3. The number of ether oxygens (including phenoxy) is 4. The minimum Gasteiger partial charge on any atom is -0.364 e. The third-order valence-corrected chi connectivity index (χ3v) is 13.8. The number of aromatic amines is 2. The highest BCUT2D eigenvalue weighted by Crippen LogP contribution is 2.37. The van der Waals surface area contributed by atoms with Crippen LogP contribution in [0.25, 0.3) is 73.6 Å². The van der Waals surface area contributed by atoms with Crippen molar-refractivity contribution in [1.82, 2.24) is 64.2 Å². The predicted octanol–water partition coefficient (Wildman–Crippen LogP) is 9.80. The molecule has 0 amide bonds. The number of carbonyl (C=O) groups is 2. The number of hydrogen-bond donors (Lipinski definition) is 6. The van der Waals surface area contributed by atoms with Crippen molar-refractivity contribution in [2.45, 2.75) is 51.1 Å². The number of nitrogens with zero attached hydrogens (tertiary/aromatic N) is 11. The molecule has 0 radical (unpaired) electrons. The molecule has 4 unspecified atom stereocenters. The highest BCUT2D eigenvalue weighted by molar-refractivity contribution is 6.34. The highest BCUT2D eigenvalue weighted by Gasteiger charge is 2.46. The third-order valence-electron chi connectivity index (χ3n) is 12.4. The molecule has 0 bridgehead atoms. The van der Waals surface area contributed by atoms with Gasteiger partial charge in [0.2, 0.25) is 37.7 Å². The Bertz CT molecular complexity index is 4070. The summed E-state index contributed by atoms with van der Waals surface area (Å²) in [4.78, 5) is 49.8. The summed E-state index contributed by atoms with van der Waals surface area (Å²) < 4.78 is 23.8. The minimum absolute atomic E-state index is 0.0631. The van der Waals surface area contributed by atoms with Crippen LogP contribution in [0.4, 0.5) is 0 Å². The van der Waals surface area contributed by atoms with E-state index in [9.17, 15) is 9.59 Å². The topological polar surface area (TPSA) is 301 Å². The van der Waals surface area contributed by atoms with Crippen molar-refractivity contribution >= 4 is 70.1 Å². The number of benzene rings is 3. The van der Waals surface area contributed by atoms with Crippen LogP contribution in [0, 0.1) is 0 Å². The average Bonchev–Trinajstić information content (AvgIpc) is 2.26. The first-order chi connectivity index (χ1) is 41.6. The first-order valence-corrected chi connectivity index (χ1v) is 27.5. The molecule has 8 aromatic heterocycles. The molecule has 0 saturated carbocycles. The Morgan fingerprint density at radius 2 is 0.884 bits per heavy atom. The normalized spacial score (nSPS) is 17.8. The Morgan fingerprint density at radius 3 is 1.27 bits per heavy atom. The summed E-state index contributed by atoms with van der Waals surface area (Å²) in [6.45, 7) is 1.55. The lowest BCUT2D eigenvalue weighted by molar-refractivity contribution is -0.494. The minimum atomic E-state index is -1.58. The average molecular weight is 1260 g/mol. The van der Waals surface area contributed by atoms with Gasteiger partial charge in [0.05, 0.1) is 48.8 Å². The number of imidazole rings is 2. The number of ketones is 1. The van der Waals surface area contributed by atoms with Crippen molar-refractivity contribution in [2.75, 3.05) is 0 Å². The first-order valence-electron chi connectivity index (χ1n) is 25.6. The molecule has 11 aromatic rings. The zero-order valence-electron chi connectivity index (χ0n) is 44.5. The molecule has 4 atom stereocenters. The van der Waals surface area contributed by atoms with Crippen LogP contribution in [0.15, 0.2) is 171 Å². The number of hydrogen-bond acceptors (Lipinski definition) is 18. The van der Waals surface area contributed by atoms with E-state index in [0.29, 0.717) is 53.7 Å². The predicted molar refractivity (Wildman–Crippen MR) is 316 cm³/mol. The number of Topliss-reactive ketones (excluding diaryl/α,β-unsaturated/α-hetero) is 1. The van der Waals surface area contributed by atoms with E-state index in [1.807, 2.05) is 97.3 Å². The number of rotatable bonds is 11. The summed E-state index contributed by atoms with van der Waals surface area (Å²) in [7, 11) is 0. The molecular weight excluding hydrogens is 1220 g/mol. The largest absolute Gasteiger partial charge is 0.364 e. The molecule has 13 rings (SSSR count). The van der Waals surface area contributed by atoms with E-state index >= 15 is 0 Å². The van der Waals surface area contributed by atoms with Crippen molar-refractivity contribution in [3.8, 4) is 73.6 Å². The van der Waals surface area contributed by atoms with Crippen LogP contribution in [0.5, 0.6) is 0 Å². The monoisotopic (exact) mass is 1260 g/mol. The Labute approximate surface area is 512 Å². The lowest BCUT2D eigenvalue weighted by Crippen LogP contribution is -2.58. The van der Waals surface area contributed by atoms with E-state index in [1.54, 1.807) is 94.8 Å². The standard InChI is InChI=1S/C20H16ClN5O.C17H11Cl2N5.C15H9Cl2N3O.C6H10O8/c1-13(27)10-14-11-15(6-7-22-14)26-12-17(20-23-8-9-24-20)19(25-26)16-4-2-3-5-18(16)21;18-14-4-2-1-3-12(14)16-13(17-21-7-8-22-17)10-24(23-16)11-5-6-20-15(19)9-11;16-13-4-2-1-3-12(13)15-10(9-21)8-20(19-15)11-5-6-18-14(17)7-11;7-1-2(8)12-6-5(11-1)13-3(9)4(10)14-6/h2-9,11-12H,10H2,1H3,(H,23,24);1-10H,(H,21,22);1-9H;1-10H. The zero-order chi connectivity index (χ0) is 60.4. The Morgan fingerprint density at radius 1 is 0.500 bits per heavy atom. The van der Waals surface area contributed by atoms with Crippen LogP contribution >= 0.6 is 58.0 Å². The molecular formula is C58H46Cl5N13O10. The van der Waals surface area contributed by atoms with Gasteiger partial charge in [0, 0.05) is 103 Å². The SMILES string of the molecule is CC(=O)Cc1cc(-n2cc(-c3ncc[nH]3)c(-c3ccccc3Cl)n2)ccn1.Clc1cc(-n2cc(-c3ncc[nH]3)c(-c3ccccc3Cl)n2)ccn1.O=Cc1cn(-c2ccnc(Cl)c2)nc1-c1ccccc1Cl.OC1OC2OC(O)C(O)OC2OC1O. The summed E-state index contributed by atoms with van der Waals surface area (Å²) >= 11 is 30.8. The molecule has 10 heterocycles. The van der Waals surface area contributed by atoms with E-state index < -0.39 is 37.7 Å². The molecule has 28 heteroatoms. The molecule has 0 aliphatic carbocycles. The number of aromatic nitrogens is 13. The lowest BCUT2D eigenvalue weighted by atomic mass is 10.1. The zero-order valence-corrected chi connectivity index (χ0v) is 48.2. The van der Waals surface area contributed by atoms with Gasteiger partial charge >= 0.3 is 0 Å².